The maximum Gasteiger partial charge on any atom is 0.259 e. The molecular weight excluding hydrogens is 296 g/mol. The Kier molecular flexibility index (Phi) is 3.38. The first kappa shape index (κ1) is 12.6. The van der Waals surface area contributed by atoms with Crippen LogP contribution in [-0.4, -0.2) is 15.7 Å². The molecule has 2 aromatic rings. The molecule has 1 heterocycles. The molecule has 0 spiro atoms. The lowest BCUT2D eigenvalue weighted by Gasteiger charge is -2.08. The van der Waals surface area contributed by atoms with Crippen molar-refractivity contribution in [3.8, 4) is 0 Å². The van der Waals surface area contributed by atoms with E-state index < -0.39 is 0 Å². The number of nitrogens with zero attached hydrogens (tertiary/aromatic N) is 2. The van der Waals surface area contributed by atoms with Crippen molar-refractivity contribution in [1.82, 2.24) is 9.78 Å². The standard InChI is InChI=1S/C12H13BrN4O/c1-7-9(6-15-17(7)2)12(18)16-11-4-3-8(13)5-10(11)14/h3-6H,14H2,1-2H3,(H,16,18). The van der Waals surface area contributed by atoms with Crippen LogP contribution in [0.5, 0.6) is 0 Å². The van der Waals surface area contributed by atoms with Gasteiger partial charge in [-0.05, 0) is 25.1 Å². The molecule has 1 aromatic carbocycles. The number of carbonyl (C=O) groups is 1. The molecule has 0 saturated carbocycles. The number of nitrogens with one attached hydrogen (secondary N) is 1. The van der Waals surface area contributed by atoms with E-state index in [4.69, 9.17) is 5.73 Å². The van der Waals surface area contributed by atoms with Gasteiger partial charge in [0.1, 0.15) is 0 Å². The Hall–Kier alpha value is -1.82. The second-order valence-electron chi connectivity index (χ2n) is 3.95. The third-order valence-electron chi connectivity index (χ3n) is 2.74. The number of carbonyl (C=O) groups excluding carboxylic acids is 1. The molecule has 18 heavy (non-hydrogen) atoms. The second kappa shape index (κ2) is 4.81. The molecule has 0 aliphatic heterocycles. The van der Waals surface area contributed by atoms with E-state index in [2.05, 4.69) is 26.3 Å². The molecular formula is C12H13BrN4O. The number of halogens is 1. The number of aromatic nitrogens is 2. The minimum Gasteiger partial charge on any atom is -0.397 e. The van der Waals surface area contributed by atoms with E-state index in [1.807, 2.05) is 13.0 Å². The summed E-state index contributed by atoms with van der Waals surface area (Å²) in [5, 5.41) is 6.80. The highest BCUT2D eigenvalue weighted by atomic mass is 79.9. The molecule has 3 N–H and O–H groups in total. The van der Waals surface area contributed by atoms with Gasteiger partial charge in [-0.25, -0.2) is 0 Å². The summed E-state index contributed by atoms with van der Waals surface area (Å²) in [6, 6.07) is 5.32. The molecule has 2 rings (SSSR count). The Morgan fingerprint density at radius 3 is 2.78 bits per heavy atom. The first-order chi connectivity index (χ1) is 8.49. The minimum absolute atomic E-state index is 0.213. The molecule has 0 aliphatic carbocycles. The zero-order valence-corrected chi connectivity index (χ0v) is 11.7. The Balaban J connectivity index is 2.24. The van der Waals surface area contributed by atoms with Crippen LogP contribution >= 0.6 is 15.9 Å². The number of hydrogen-bond acceptors (Lipinski definition) is 3. The highest BCUT2D eigenvalue weighted by molar-refractivity contribution is 9.10. The van der Waals surface area contributed by atoms with Gasteiger partial charge in [-0.15, -0.1) is 0 Å². The van der Waals surface area contributed by atoms with E-state index in [0.29, 0.717) is 16.9 Å². The number of amides is 1. The summed E-state index contributed by atoms with van der Waals surface area (Å²) < 4.78 is 2.52. The summed E-state index contributed by atoms with van der Waals surface area (Å²) in [7, 11) is 1.79. The maximum absolute atomic E-state index is 12.1. The van der Waals surface area contributed by atoms with Crippen LogP contribution in [0.2, 0.25) is 0 Å². The van der Waals surface area contributed by atoms with Crippen LogP contribution in [-0.2, 0) is 7.05 Å². The molecule has 1 aromatic heterocycles. The summed E-state index contributed by atoms with van der Waals surface area (Å²) in [4.78, 5) is 12.1. The molecule has 94 valence electrons. The van der Waals surface area contributed by atoms with Crippen LogP contribution in [0.3, 0.4) is 0 Å². The van der Waals surface area contributed by atoms with Crippen molar-refractivity contribution in [2.24, 2.45) is 7.05 Å². The molecule has 0 saturated heterocycles. The number of benzene rings is 1. The molecule has 1 amide bonds. The molecule has 0 fully saturated rings. The summed E-state index contributed by atoms with van der Waals surface area (Å²) in [6.07, 6.45) is 1.54. The van der Waals surface area contributed by atoms with E-state index >= 15 is 0 Å². The van der Waals surface area contributed by atoms with Gasteiger partial charge in [0, 0.05) is 17.2 Å². The largest absolute Gasteiger partial charge is 0.397 e. The summed E-state index contributed by atoms with van der Waals surface area (Å²) >= 11 is 3.32. The highest BCUT2D eigenvalue weighted by Gasteiger charge is 2.13. The fourth-order valence-electron chi connectivity index (χ4n) is 1.56. The van der Waals surface area contributed by atoms with Gasteiger partial charge in [0.15, 0.2) is 0 Å². The monoisotopic (exact) mass is 308 g/mol. The Bertz CT molecular complexity index is 606. The zero-order chi connectivity index (χ0) is 13.3. The van der Waals surface area contributed by atoms with Crippen molar-refractivity contribution >= 4 is 33.2 Å². The van der Waals surface area contributed by atoms with E-state index in [9.17, 15) is 4.79 Å². The van der Waals surface area contributed by atoms with Crippen LogP contribution < -0.4 is 11.1 Å². The van der Waals surface area contributed by atoms with Crippen molar-refractivity contribution in [2.45, 2.75) is 6.92 Å². The third kappa shape index (κ3) is 2.38. The first-order valence-corrected chi connectivity index (χ1v) is 6.13. The number of anilines is 2. The van der Waals surface area contributed by atoms with E-state index in [1.54, 1.807) is 30.1 Å². The smallest absolute Gasteiger partial charge is 0.259 e. The van der Waals surface area contributed by atoms with Crippen molar-refractivity contribution in [3.05, 3.63) is 40.1 Å². The number of hydrogen-bond donors (Lipinski definition) is 2. The zero-order valence-electron chi connectivity index (χ0n) is 10.1. The van der Waals surface area contributed by atoms with Gasteiger partial charge in [-0.3, -0.25) is 9.48 Å². The Labute approximate surface area is 113 Å². The minimum atomic E-state index is -0.213. The lowest BCUT2D eigenvalue weighted by Crippen LogP contribution is -2.14. The van der Waals surface area contributed by atoms with Crippen LogP contribution in [0.4, 0.5) is 11.4 Å². The maximum atomic E-state index is 12.1. The fraction of sp³-hybridized carbons (Fsp3) is 0.167. The number of nitrogens with two attached hydrogens (primary N) is 1. The third-order valence-corrected chi connectivity index (χ3v) is 3.23. The molecule has 0 bridgehead atoms. The Morgan fingerprint density at radius 1 is 1.50 bits per heavy atom. The van der Waals surface area contributed by atoms with Crippen molar-refractivity contribution < 1.29 is 4.79 Å². The summed E-state index contributed by atoms with van der Waals surface area (Å²) in [5.74, 6) is -0.213. The SMILES string of the molecule is Cc1c(C(=O)Nc2ccc(Br)cc2N)cnn1C. The van der Waals surface area contributed by atoms with Gasteiger partial charge in [0.25, 0.3) is 5.91 Å². The lowest BCUT2D eigenvalue weighted by atomic mass is 10.2. The van der Waals surface area contributed by atoms with Gasteiger partial charge in [0.05, 0.1) is 23.1 Å². The average Bonchev–Trinajstić information content (AvgIpc) is 2.64. The molecule has 6 heteroatoms. The summed E-state index contributed by atoms with van der Waals surface area (Å²) in [6.45, 7) is 1.84. The van der Waals surface area contributed by atoms with Crippen LogP contribution in [0, 0.1) is 6.92 Å². The van der Waals surface area contributed by atoms with Crippen LogP contribution in [0.25, 0.3) is 0 Å². The number of nitrogen functional groups attached to an aromatic ring is 1. The number of rotatable bonds is 2. The van der Waals surface area contributed by atoms with E-state index in [1.165, 1.54) is 0 Å². The predicted octanol–water partition coefficient (Wildman–Crippen LogP) is 2.33. The van der Waals surface area contributed by atoms with Gasteiger partial charge < -0.3 is 11.1 Å². The van der Waals surface area contributed by atoms with Crippen LogP contribution in [0.15, 0.2) is 28.9 Å². The fourth-order valence-corrected chi connectivity index (χ4v) is 1.94. The van der Waals surface area contributed by atoms with Crippen molar-refractivity contribution in [2.75, 3.05) is 11.1 Å². The molecule has 0 atom stereocenters. The molecule has 0 aliphatic rings. The lowest BCUT2D eigenvalue weighted by molar-refractivity contribution is 0.102. The normalized spacial score (nSPS) is 10.4. The predicted molar refractivity (Wildman–Crippen MR) is 74.5 cm³/mol. The van der Waals surface area contributed by atoms with Gasteiger partial charge in [-0.1, -0.05) is 15.9 Å². The van der Waals surface area contributed by atoms with Gasteiger partial charge in [0.2, 0.25) is 0 Å². The van der Waals surface area contributed by atoms with E-state index in [-0.39, 0.29) is 5.91 Å². The van der Waals surface area contributed by atoms with Crippen molar-refractivity contribution in [1.29, 1.82) is 0 Å². The topological polar surface area (TPSA) is 72.9 Å². The number of aryl methyl sites for hydroxylation is 1. The van der Waals surface area contributed by atoms with Gasteiger partial charge in [-0.2, -0.15) is 5.10 Å². The second-order valence-corrected chi connectivity index (χ2v) is 4.87. The first-order valence-electron chi connectivity index (χ1n) is 5.34. The highest BCUT2D eigenvalue weighted by Crippen LogP contribution is 2.23. The Morgan fingerprint density at radius 2 is 2.22 bits per heavy atom. The molecule has 0 radical (unpaired) electrons. The molecule has 5 nitrogen and oxygen atoms in total. The van der Waals surface area contributed by atoms with Crippen LogP contribution in [0.1, 0.15) is 16.1 Å². The van der Waals surface area contributed by atoms with Gasteiger partial charge >= 0.3 is 0 Å². The van der Waals surface area contributed by atoms with E-state index in [0.717, 1.165) is 10.2 Å². The average molecular weight is 309 g/mol. The summed E-state index contributed by atoms with van der Waals surface area (Å²) in [5.41, 5.74) is 8.28. The van der Waals surface area contributed by atoms with Crippen molar-refractivity contribution in [3.63, 3.8) is 0 Å². The quantitative estimate of drug-likeness (QED) is 0.836. The molecule has 0 unspecified atom stereocenters.